The van der Waals surface area contributed by atoms with Crippen LogP contribution in [0.15, 0.2) is 58.7 Å². The Labute approximate surface area is 218 Å². The molecule has 0 N–H and O–H groups in total. The highest BCUT2D eigenvalue weighted by Gasteiger charge is 2.45. The second kappa shape index (κ2) is 11.2. The molecule has 0 fully saturated rings. The van der Waals surface area contributed by atoms with E-state index in [0.717, 1.165) is 16.8 Å². The zero-order chi connectivity index (χ0) is 26.7. The monoisotopic (exact) mass is 505 g/mol. The lowest BCUT2D eigenvalue weighted by atomic mass is 9.69. The number of rotatable bonds is 8. The molecule has 0 saturated carbocycles. The lowest BCUT2D eigenvalue weighted by Gasteiger charge is -2.37. The van der Waals surface area contributed by atoms with E-state index in [1.165, 1.54) is 0 Å². The number of methoxy groups -OCH3 is 2. The predicted molar refractivity (Wildman–Crippen MR) is 142 cm³/mol. The molecular formula is C30H35NO6. The molecule has 2 aromatic rings. The molecular weight excluding hydrogens is 470 g/mol. The van der Waals surface area contributed by atoms with Gasteiger partial charge in [0, 0.05) is 34.9 Å². The maximum atomic E-state index is 13.9. The Morgan fingerprint density at radius 2 is 1.76 bits per heavy atom. The van der Waals surface area contributed by atoms with Crippen molar-refractivity contribution in [1.29, 1.82) is 0 Å². The smallest absolute Gasteiger partial charge is 0.315 e. The highest BCUT2D eigenvalue weighted by Crippen LogP contribution is 2.49. The average Bonchev–Trinajstić information content (AvgIpc) is 2.87. The highest BCUT2D eigenvalue weighted by molar-refractivity contribution is 6.09. The summed E-state index contributed by atoms with van der Waals surface area (Å²) in [5, 5.41) is 0. The third kappa shape index (κ3) is 5.26. The van der Waals surface area contributed by atoms with Crippen LogP contribution in [0.4, 0.5) is 0 Å². The Morgan fingerprint density at radius 1 is 1.03 bits per heavy atom. The number of benzene rings is 2. The van der Waals surface area contributed by atoms with E-state index in [4.69, 9.17) is 23.9 Å². The summed E-state index contributed by atoms with van der Waals surface area (Å²) in [6, 6.07) is 13.4. The van der Waals surface area contributed by atoms with Crippen LogP contribution in [0.25, 0.3) is 0 Å². The first-order valence-electron chi connectivity index (χ1n) is 12.7. The summed E-state index contributed by atoms with van der Waals surface area (Å²) in [7, 11) is 3.19. The van der Waals surface area contributed by atoms with Gasteiger partial charge in [0.1, 0.15) is 11.7 Å². The van der Waals surface area contributed by atoms with Crippen LogP contribution in [0.5, 0.6) is 17.2 Å². The Morgan fingerprint density at radius 3 is 2.43 bits per heavy atom. The normalized spacial score (nSPS) is 21.3. The third-order valence-electron chi connectivity index (χ3n) is 6.92. The molecule has 196 valence electrons. The van der Waals surface area contributed by atoms with Crippen molar-refractivity contribution in [1.82, 2.24) is 0 Å². The molecule has 0 radical (unpaired) electrons. The standard InChI is InChI=1S/C30H35NO6/c1-7-36-30(33)27-18(4)31-22-14-20(19-12-13-25(34-5)26(16-19)35-6)15-23(32)29(22)28(27)21-10-8-9-11-24(21)37-17(2)3/h8-13,16-17,20,27-28H,7,14-15H2,1-6H3/t20-,27?,28+/m0/s1. The lowest BCUT2D eigenvalue weighted by molar-refractivity contribution is -0.146. The van der Waals surface area contributed by atoms with Gasteiger partial charge in [-0.05, 0) is 63.8 Å². The molecule has 37 heavy (non-hydrogen) atoms. The number of Topliss-reactive ketones (excluding diaryl/α,β-unsaturated/α-hetero) is 1. The molecule has 4 rings (SSSR count). The van der Waals surface area contributed by atoms with E-state index in [-0.39, 0.29) is 30.4 Å². The van der Waals surface area contributed by atoms with Crippen LogP contribution in [0.3, 0.4) is 0 Å². The number of hydrogen-bond acceptors (Lipinski definition) is 7. The fourth-order valence-electron chi connectivity index (χ4n) is 5.37. The van der Waals surface area contributed by atoms with Crippen LogP contribution in [-0.4, -0.2) is 44.4 Å². The minimum absolute atomic E-state index is 0.0177. The van der Waals surface area contributed by atoms with Crippen molar-refractivity contribution >= 4 is 17.5 Å². The second-order valence-electron chi connectivity index (χ2n) is 9.67. The van der Waals surface area contributed by atoms with Gasteiger partial charge < -0.3 is 18.9 Å². The minimum atomic E-state index is -0.697. The summed E-state index contributed by atoms with van der Waals surface area (Å²) in [6.07, 6.45) is 0.820. The van der Waals surface area contributed by atoms with Gasteiger partial charge in [0.05, 0.1) is 26.9 Å². The molecule has 1 heterocycles. The molecule has 1 aliphatic carbocycles. The number of esters is 1. The van der Waals surface area contributed by atoms with Crippen molar-refractivity contribution in [2.45, 2.75) is 58.5 Å². The van der Waals surface area contributed by atoms with Crippen molar-refractivity contribution < 1.29 is 28.5 Å². The quantitative estimate of drug-likeness (QED) is 0.433. The average molecular weight is 506 g/mol. The van der Waals surface area contributed by atoms with Gasteiger partial charge in [-0.15, -0.1) is 0 Å². The van der Waals surface area contributed by atoms with Gasteiger partial charge in [-0.2, -0.15) is 0 Å². The van der Waals surface area contributed by atoms with E-state index in [2.05, 4.69) is 0 Å². The van der Waals surface area contributed by atoms with Crippen LogP contribution in [0.1, 0.15) is 63.5 Å². The Balaban J connectivity index is 1.81. The molecule has 7 heteroatoms. The van der Waals surface area contributed by atoms with Crippen LogP contribution < -0.4 is 14.2 Å². The largest absolute Gasteiger partial charge is 0.493 e. The van der Waals surface area contributed by atoms with Crippen molar-refractivity contribution in [2.75, 3.05) is 20.8 Å². The summed E-state index contributed by atoms with van der Waals surface area (Å²) < 4.78 is 22.4. The number of carbonyl (C=O) groups is 2. The molecule has 3 atom stereocenters. The Bertz CT molecular complexity index is 1240. The third-order valence-corrected chi connectivity index (χ3v) is 6.92. The molecule has 0 bridgehead atoms. The maximum Gasteiger partial charge on any atom is 0.315 e. The molecule has 7 nitrogen and oxygen atoms in total. The zero-order valence-corrected chi connectivity index (χ0v) is 22.4. The van der Waals surface area contributed by atoms with Gasteiger partial charge in [0.15, 0.2) is 17.3 Å². The van der Waals surface area contributed by atoms with E-state index >= 15 is 0 Å². The Hall–Kier alpha value is -3.61. The first-order chi connectivity index (χ1) is 17.8. The number of carbonyl (C=O) groups excluding carboxylic acids is 2. The van der Waals surface area contributed by atoms with E-state index in [1.807, 2.05) is 63.2 Å². The maximum absolute atomic E-state index is 13.9. The van der Waals surface area contributed by atoms with Crippen molar-refractivity contribution in [3.63, 3.8) is 0 Å². The molecule has 0 saturated heterocycles. The molecule has 0 spiro atoms. The topological polar surface area (TPSA) is 83.4 Å². The number of nitrogens with zero attached hydrogens (tertiary/aromatic N) is 1. The van der Waals surface area contributed by atoms with Crippen molar-refractivity contribution in [2.24, 2.45) is 10.9 Å². The fourth-order valence-corrected chi connectivity index (χ4v) is 5.37. The van der Waals surface area contributed by atoms with Crippen LogP contribution >= 0.6 is 0 Å². The number of hydrogen-bond donors (Lipinski definition) is 0. The molecule has 2 aromatic carbocycles. The van der Waals surface area contributed by atoms with Crippen molar-refractivity contribution in [3.05, 3.63) is 64.9 Å². The number of para-hydroxylation sites is 1. The van der Waals surface area contributed by atoms with Gasteiger partial charge in [-0.25, -0.2) is 0 Å². The Kier molecular flexibility index (Phi) is 8.00. The number of ether oxygens (including phenoxy) is 4. The SMILES string of the molecule is CCOC(=O)C1C(C)=NC2=C(C(=O)C[C@@H](c3ccc(OC)c(OC)c3)C2)[C@@H]1c1ccccc1OC(C)C. The molecule has 1 unspecified atom stereocenters. The van der Waals surface area contributed by atoms with Crippen LogP contribution in [-0.2, 0) is 14.3 Å². The summed E-state index contributed by atoms with van der Waals surface area (Å²) in [6.45, 7) is 7.78. The predicted octanol–water partition coefficient (Wildman–Crippen LogP) is 5.63. The molecule has 0 aromatic heterocycles. The molecule has 2 aliphatic rings. The number of allylic oxidation sites excluding steroid dienone is 2. The number of ketones is 1. The molecule has 1 aliphatic heterocycles. The van der Waals surface area contributed by atoms with Crippen molar-refractivity contribution in [3.8, 4) is 17.2 Å². The van der Waals surface area contributed by atoms with E-state index in [0.29, 0.717) is 41.4 Å². The zero-order valence-electron chi connectivity index (χ0n) is 22.4. The fraction of sp³-hybridized carbons (Fsp3) is 0.433. The van der Waals surface area contributed by atoms with Crippen LogP contribution in [0.2, 0.25) is 0 Å². The number of aliphatic imine (C=N–C) groups is 1. The van der Waals surface area contributed by atoms with Gasteiger partial charge in [-0.3, -0.25) is 14.6 Å². The summed E-state index contributed by atoms with van der Waals surface area (Å²) in [5.41, 5.74) is 3.73. The summed E-state index contributed by atoms with van der Waals surface area (Å²) in [4.78, 5) is 31.9. The summed E-state index contributed by atoms with van der Waals surface area (Å²) >= 11 is 0. The van der Waals surface area contributed by atoms with Gasteiger partial charge in [-0.1, -0.05) is 24.3 Å². The van der Waals surface area contributed by atoms with Gasteiger partial charge in [0.25, 0.3) is 0 Å². The first kappa shape index (κ1) is 26.5. The summed E-state index contributed by atoms with van der Waals surface area (Å²) in [5.74, 6) is 0.232. The van der Waals surface area contributed by atoms with Gasteiger partial charge >= 0.3 is 5.97 Å². The van der Waals surface area contributed by atoms with Crippen LogP contribution in [0, 0.1) is 5.92 Å². The molecule has 0 amide bonds. The van der Waals surface area contributed by atoms with E-state index in [9.17, 15) is 9.59 Å². The van der Waals surface area contributed by atoms with E-state index in [1.54, 1.807) is 21.1 Å². The lowest BCUT2D eigenvalue weighted by Crippen LogP contribution is -2.38. The highest BCUT2D eigenvalue weighted by atomic mass is 16.5. The van der Waals surface area contributed by atoms with Gasteiger partial charge in [0.2, 0.25) is 0 Å². The van der Waals surface area contributed by atoms with E-state index < -0.39 is 11.8 Å². The second-order valence-corrected chi connectivity index (χ2v) is 9.67. The minimum Gasteiger partial charge on any atom is -0.493 e. The first-order valence-corrected chi connectivity index (χ1v) is 12.7.